The van der Waals surface area contributed by atoms with Crippen molar-refractivity contribution in [3.63, 3.8) is 0 Å². The fraction of sp³-hybridized carbons (Fsp3) is 0.0588. The van der Waals surface area contributed by atoms with Crippen molar-refractivity contribution in [3.8, 4) is 55.6 Å². The van der Waals surface area contributed by atoms with Crippen molar-refractivity contribution in [1.29, 1.82) is 0 Å². The Morgan fingerprint density at radius 2 is 0.797 bits per heavy atom. The second kappa shape index (κ2) is 16.1. The number of rotatable bonds is 8. The Morgan fingerprint density at radius 3 is 1.52 bits per heavy atom. The first-order valence-corrected chi connectivity index (χ1v) is 24.2. The first-order chi connectivity index (χ1) is 34.0. The maximum Gasteiger partial charge on any atom is 0.0713 e. The van der Waals surface area contributed by atoms with Crippen LogP contribution in [0.3, 0.4) is 0 Å². The van der Waals surface area contributed by atoms with Crippen LogP contribution in [0.25, 0.3) is 66.4 Å². The Balaban J connectivity index is 0.952. The van der Waals surface area contributed by atoms with Gasteiger partial charge in [0.15, 0.2) is 0 Å². The lowest BCUT2D eigenvalue weighted by molar-refractivity contribution is 0.660. The van der Waals surface area contributed by atoms with E-state index in [0.717, 1.165) is 17.1 Å². The van der Waals surface area contributed by atoms with E-state index >= 15 is 0 Å². The molecule has 0 fully saturated rings. The maximum absolute atomic E-state index is 2.45. The molecule has 11 aromatic carbocycles. The minimum atomic E-state index is -0.426. The molecule has 0 radical (unpaired) electrons. The molecule has 0 spiro atoms. The van der Waals surface area contributed by atoms with E-state index in [9.17, 15) is 0 Å². The van der Waals surface area contributed by atoms with E-state index in [0.29, 0.717) is 0 Å². The van der Waals surface area contributed by atoms with Crippen LogP contribution in [0.15, 0.2) is 261 Å². The van der Waals surface area contributed by atoms with Gasteiger partial charge >= 0.3 is 0 Å². The third kappa shape index (κ3) is 6.31. The summed E-state index contributed by atoms with van der Waals surface area (Å²) >= 11 is 0. The van der Waals surface area contributed by atoms with Crippen LogP contribution in [0.2, 0.25) is 0 Å². The number of anilines is 3. The first kappa shape index (κ1) is 40.7. The largest absolute Gasteiger partial charge is 0.310 e. The molecule has 0 aromatic heterocycles. The van der Waals surface area contributed by atoms with Gasteiger partial charge in [0.2, 0.25) is 0 Å². The van der Waals surface area contributed by atoms with E-state index in [4.69, 9.17) is 0 Å². The van der Waals surface area contributed by atoms with Gasteiger partial charge in [-0.15, -0.1) is 0 Å². The molecule has 0 bridgehead atoms. The van der Waals surface area contributed by atoms with Crippen LogP contribution in [0.1, 0.15) is 47.2 Å². The zero-order chi connectivity index (χ0) is 46.1. The predicted octanol–water partition coefficient (Wildman–Crippen LogP) is 18.0. The third-order valence-electron chi connectivity index (χ3n) is 15.2. The molecular formula is C68H49N. The third-order valence-corrected chi connectivity index (χ3v) is 15.2. The van der Waals surface area contributed by atoms with Crippen LogP contribution >= 0.6 is 0 Å². The summed E-state index contributed by atoms with van der Waals surface area (Å²) in [5.74, 6) is 0. The van der Waals surface area contributed by atoms with Gasteiger partial charge in [-0.3, -0.25) is 0 Å². The van der Waals surface area contributed by atoms with Crippen molar-refractivity contribution >= 4 is 27.8 Å². The second-order valence-electron chi connectivity index (χ2n) is 19.2. The van der Waals surface area contributed by atoms with Crippen LogP contribution in [0.5, 0.6) is 0 Å². The minimum Gasteiger partial charge on any atom is -0.310 e. The molecule has 11 aromatic rings. The second-order valence-corrected chi connectivity index (χ2v) is 19.2. The molecular weight excluding hydrogens is 831 g/mol. The molecule has 69 heavy (non-hydrogen) atoms. The Labute approximate surface area is 405 Å². The normalized spacial score (nSPS) is 13.6. The van der Waals surface area contributed by atoms with Gasteiger partial charge in [-0.2, -0.15) is 0 Å². The molecule has 1 heteroatoms. The fourth-order valence-electron chi connectivity index (χ4n) is 12.0. The van der Waals surface area contributed by atoms with Crippen LogP contribution in [-0.4, -0.2) is 0 Å². The highest BCUT2D eigenvalue weighted by molar-refractivity contribution is 6.00. The van der Waals surface area contributed by atoms with Gasteiger partial charge in [-0.25, -0.2) is 0 Å². The molecule has 0 atom stereocenters. The number of benzene rings is 11. The molecule has 1 nitrogen and oxygen atoms in total. The summed E-state index contributed by atoms with van der Waals surface area (Å²) in [7, 11) is 0. The standard InChI is InChI=1S/C68H49N/c1-67(2)61-31-14-12-28-59(61)66-58(30-18-33-64(66)67)57-27-13-16-34-65(57)69(53-42-37-48(38-43-53)55-29-17-20-47-19-9-10-25-54(47)55)52-40-35-46(36-41-52)49-39-44-63-60(45-49)56-26-11-15-32-62(56)68(63,50-21-5-3-6-22-50)51-23-7-4-8-24-51/h3-45H,1-2H3. The molecule has 0 amide bonds. The van der Waals surface area contributed by atoms with E-state index in [1.807, 2.05) is 0 Å². The highest BCUT2D eigenvalue weighted by atomic mass is 15.1. The van der Waals surface area contributed by atoms with E-state index in [2.05, 4.69) is 280 Å². The van der Waals surface area contributed by atoms with Crippen molar-refractivity contribution in [2.75, 3.05) is 4.90 Å². The van der Waals surface area contributed by atoms with Crippen LogP contribution < -0.4 is 4.90 Å². The lowest BCUT2D eigenvalue weighted by atomic mass is 9.67. The summed E-state index contributed by atoms with van der Waals surface area (Å²) in [4.78, 5) is 2.45. The van der Waals surface area contributed by atoms with Gasteiger partial charge in [0.1, 0.15) is 0 Å². The van der Waals surface area contributed by atoms with Crippen LogP contribution in [0.4, 0.5) is 17.1 Å². The number of para-hydroxylation sites is 1. The summed E-state index contributed by atoms with van der Waals surface area (Å²) in [5.41, 5.74) is 23.2. The van der Waals surface area contributed by atoms with E-state index in [1.165, 1.54) is 99.8 Å². The zero-order valence-corrected chi connectivity index (χ0v) is 38.8. The highest BCUT2D eigenvalue weighted by Gasteiger charge is 2.46. The van der Waals surface area contributed by atoms with Crippen molar-refractivity contribution < 1.29 is 0 Å². The number of fused-ring (bicyclic) bond motifs is 7. The monoisotopic (exact) mass is 879 g/mol. The smallest absolute Gasteiger partial charge is 0.0713 e. The Kier molecular flexibility index (Phi) is 9.49. The minimum absolute atomic E-state index is 0.103. The number of hydrogen-bond acceptors (Lipinski definition) is 1. The average Bonchev–Trinajstić information content (AvgIpc) is 3.85. The van der Waals surface area contributed by atoms with Gasteiger partial charge in [-0.05, 0) is 131 Å². The molecule has 0 saturated heterocycles. The van der Waals surface area contributed by atoms with E-state index in [1.54, 1.807) is 0 Å². The molecule has 0 N–H and O–H groups in total. The average molecular weight is 880 g/mol. The van der Waals surface area contributed by atoms with Crippen LogP contribution in [0, 0.1) is 0 Å². The molecule has 0 unspecified atom stereocenters. The number of nitrogens with zero attached hydrogens (tertiary/aromatic N) is 1. The van der Waals surface area contributed by atoms with Crippen LogP contribution in [-0.2, 0) is 10.8 Å². The topological polar surface area (TPSA) is 3.24 Å². The number of hydrogen-bond donors (Lipinski definition) is 0. The summed E-state index contributed by atoms with van der Waals surface area (Å²) < 4.78 is 0. The Morgan fingerprint density at radius 1 is 0.304 bits per heavy atom. The summed E-state index contributed by atoms with van der Waals surface area (Å²) in [5, 5.41) is 2.50. The molecule has 0 saturated carbocycles. The lowest BCUT2D eigenvalue weighted by Crippen LogP contribution is -2.28. The maximum atomic E-state index is 2.45. The van der Waals surface area contributed by atoms with Crippen molar-refractivity contribution in [2.45, 2.75) is 24.7 Å². The summed E-state index contributed by atoms with van der Waals surface area (Å²) in [6.45, 7) is 4.73. The lowest BCUT2D eigenvalue weighted by Gasteiger charge is -2.33. The molecule has 2 aliphatic rings. The fourth-order valence-corrected chi connectivity index (χ4v) is 12.0. The van der Waals surface area contributed by atoms with Gasteiger partial charge in [0.25, 0.3) is 0 Å². The SMILES string of the molecule is CC1(C)c2ccccc2-c2c(-c3ccccc3N(c3ccc(-c4ccc5c(c4)-c4ccccc4C5(c4ccccc4)c4ccccc4)cc3)c3ccc(-c4cccc5ccccc45)cc3)cccc21. The molecule has 13 rings (SSSR count). The van der Waals surface area contributed by atoms with Crippen molar-refractivity contribution in [2.24, 2.45) is 0 Å². The summed E-state index contributed by atoms with van der Waals surface area (Å²) in [6.07, 6.45) is 0. The van der Waals surface area contributed by atoms with Gasteiger partial charge in [0, 0.05) is 22.4 Å². The highest BCUT2D eigenvalue weighted by Crippen LogP contribution is 2.57. The van der Waals surface area contributed by atoms with E-state index in [-0.39, 0.29) is 5.41 Å². The molecule has 0 aliphatic heterocycles. The van der Waals surface area contributed by atoms with Gasteiger partial charge < -0.3 is 4.90 Å². The Hall–Kier alpha value is -8.52. The van der Waals surface area contributed by atoms with Crippen molar-refractivity contribution in [1.82, 2.24) is 0 Å². The molecule has 0 heterocycles. The molecule has 326 valence electrons. The first-order valence-electron chi connectivity index (χ1n) is 24.2. The molecule has 2 aliphatic carbocycles. The van der Waals surface area contributed by atoms with Crippen molar-refractivity contribution in [3.05, 3.63) is 294 Å². The Bertz CT molecular complexity index is 3690. The summed E-state index contributed by atoms with van der Waals surface area (Å²) in [6, 6.07) is 96.6. The zero-order valence-electron chi connectivity index (χ0n) is 38.8. The predicted molar refractivity (Wildman–Crippen MR) is 290 cm³/mol. The van der Waals surface area contributed by atoms with Gasteiger partial charge in [-0.1, -0.05) is 238 Å². The van der Waals surface area contributed by atoms with Gasteiger partial charge in [0.05, 0.1) is 11.1 Å². The quantitative estimate of drug-likeness (QED) is 0.147. The van der Waals surface area contributed by atoms with E-state index < -0.39 is 5.41 Å².